The van der Waals surface area contributed by atoms with Crippen LogP contribution in [0.2, 0.25) is 0 Å². The molecule has 0 saturated heterocycles. The van der Waals surface area contributed by atoms with Gasteiger partial charge in [0, 0.05) is 11.2 Å². The summed E-state index contributed by atoms with van der Waals surface area (Å²) in [4.78, 5) is 22.9. The fourth-order valence-corrected chi connectivity index (χ4v) is 1.04. The first-order chi connectivity index (χ1) is 6.82. The van der Waals surface area contributed by atoms with E-state index in [1.165, 1.54) is 0 Å². The molecule has 1 atom stereocenters. The molecule has 5 heteroatoms. The van der Waals surface area contributed by atoms with Gasteiger partial charge in [-0.05, 0) is 6.92 Å². The highest BCUT2D eigenvalue weighted by molar-refractivity contribution is 7.80. The summed E-state index contributed by atoms with van der Waals surface area (Å²) in [6.07, 6.45) is 0. The Kier molecular flexibility index (Phi) is 5.72. The van der Waals surface area contributed by atoms with Crippen LogP contribution >= 0.6 is 12.6 Å². The molecular weight excluding hydrogens is 214 g/mol. The van der Waals surface area contributed by atoms with Gasteiger partial charge in [-0.2, -0.15) is 12.6 Å². The van der Waals surface area contributed by atoms with Gasteiger partial charge in [0.05, 0.1) is 6.61 Å². The number of carbonyl (C=O) groups is 2. The molecule has 0 fully saturated rings. The lowest BCUT2D eigenvalue weighted by Crippen LogP contribution is -2.47. The third-order valence-corrected chi connectivity index (χ3v) is 2.11. The molecule has 0 heterocycles. The molecule has 15 heavy (non-hydrogen) atoms. The standard InChI is InChI=1S/C10H19NO3S/c1-5-14-8(12)7(6-15)11-9(13)10(2,3)4/h7,15H,5-6H2,1-4H3,(H,11,13)/t7-/m0/s1. The Morgan fingerprint density at radius 3 is 2.27 bits per heavy atom. The van der Waals surface area contributed by atoms with Crippen molar-refractivity contribution < 1.29 is 14.3 Å². The predicted molar refractivity (Wildman–Crippen MR) is 61.9 cm³/mol. The first kappa shape index (κ1) is 14.3. The summed E-state index contributed by atoms with van der Waals surface area (Å²) in [5.41, 5.74) is -0.520. The average Bonchev–Trinajstić information content (AvgIpc) is 2.12. The molecule has 0 unspecified atom stereocenters. The van der Waals surface area contributed by atoms with Crippen LogP contribution in [0.1, 0.15) is 27.7 Å². The van der Waals surface area contributed by atoms with Gasteiger partial charge in [0.1, 0.15) is 6.04 Å². The number of nitrogens with one attached hydrogen (secondary N) is 1. The van der Waals surface area contributed by atoms with Gasteiger partial charge in [0.25, 0.3) is 0 Å². The summed E-state index contributed by atoms with van der Waals surface area (Å²) in [5, 5.41) is 2.60. The van der Waals surface area contributed by atoms with Gasteiger partial charge in [-0.25, -0.2) is 4.79 Å². The lowest BCUT2D eigenvalue weighted by atomic mass is 9.95. The molecule has 1 amide bonds. The highest BCUT2D eigenvalue weighted by atomic mass is 32.1. The highest BCUT2D eigenvalue weighted by Gasteiger charge is 2.27. The van der Waals surface area contributed by atoms with Crippen molar-refractivity contribution in [2.45, 2.75) is 33.7 Å². The molecule has 1 N–H and O–H groups in total. The Labute approximate surface area is 96.2 Å². The van der Waals surface area contributed by atoms with Crippen molar-refractivity contribution in [2.75, 3.05) is 12.4 Å². The summed E-state index contributed by atoms with van der Waals surface area (Å²) in [7, 11) is 0. The van der Waals surface area contributed by atoms with E-state index in [9.17, 15) is 9.59 Å². The first-order valence-corrected chi connectivity index (χ1v) is 5.54. The summed E-state index contributed by atoms with van der Waals surface area (Å²) in [5.74, 6) is -0.389. The van der Waals surface area contributed by atoms with E-state index in [1.54, 1.807) is 27.7 Å². The van der Waals surface area contributed by atoms with Gasteiger partial charge in [-0.1, -0.05) is 20.8 Å². The predicted octanol–water partition coefficient (Wildman–Crippen LogP) is 1.01. The SMILES string of the molecule is CCOC(=O)[C@H](CS)NC(=O)C(C)(C)C. The van der Waals surface area contributed by atoms with Crippen molar-refractivity contribution in [2.24, 2.45) is 5.41 Å². The number of rotatable bonds is 4. The van der Waals surface area contributed by atoms with Crippen LogP contribution in [0.5, 0.6) is 0 Å². The monoisotopic (exact) mass is 233 g/mol. The molecule has 88 valence electrons. The van der Waals surface area contributed by atoms with Gasteiger partial charge >= 0.3 is 5.97 Å². The van der Waals surface area contributed by atoms with E-state index in [-0.39, 0.29) is 11.7 Å². The topological polar surface area (TPSA) is 55.4 Å². The van der Waals surface area contributed by atoms with Crippen molar-refractivity contribution in [3.8, 4) is 0 Å². The Balaban J connectivity index is 4.34. The van der Waals surface area contributed by atoms with Crippen LogP contribution in [0.4, 0.5) is 0 Å². The van der Waals surface area contributed by atoms with Crippen molar-refractivity contribution in [1.82, 2.24) is 5.32 Å². The summed E-state index contributed by atoms with van der Waals surface area (Å²) >= 11 is 4.00. The number of hydrogen-bond acceptors (Lipinski definition) is 4. The molecule has 0 saturated carbocycles. The van der Waals surface area contributed by atoms with Gasteiger partial charge in [0.2, 0.25) is 5.91 Å². The van der Waals surface area contributed by atoms with E-state index < -0.39 is 17.4 Å². The summed E-state index contributed by atoms with van der Waals surface area (Å²) < 4.78 is 4.81. The lowest BCUT2D eigenvalue weighted by Gasteiger charge is -2.22. The Hall–Kier alpha value is -0.710. The van der Waals surface area contributed by atoms with E-state index in [2.05, 4.69) is 17.9 Å². The van der Waals surface area contributed by atoms with Gasteiger partial charge in [-0.15, -0.1) is 0 Å². The summed E-state index contributed by atoms with van der Waals surface area (Å²) in [6, 6.07) is -0.667. The van der Waals surface area contributed by atoms with Crippen molar-refractivity contribution in [3.63, 3.8) is 0 Å². The molecular formula is C10H19NO3S. The van der Waals surface area contributed by atoms with Crippen LogP contribution in [0.3, 0.4) is 0 Å². The van der Waals surface area contributed by atoms with E-state index in [0.29, 0.717) is 6.61 Å². The van der Waals surface area contributed by atoms with Crippen LogP contribution in [0.15, 0.2) is 0 Å². The minimum Gasteiger partial charge on any atom is -0.464 e. The van der Waals surface area contributed by atoms with Crippen molar-refractivity contribution in [1.29, 1.82) is 0 Å². The lowest BCUT2D eigenvalue weighted by molar-refractivity contribution is -0.147. The van der Waals surface area contributed by atoms with Crippen molar-refractivity contribution >= 4 is 24.5 Å². The zero-order chi connectivity index (χ0) is 12.1. The van der Waals surface area contributed by atoms with Crippen LogP contribution in [-0.2, 0) is 14.3 Å². The number of carbonyl (C=O) groups excluding carboxylic acids is 2. The quantitative estimate of drug-likeness (QED) is 0.563. The molecule has 0 radical (unpaired) electrons. The Bertz CT molecular complexity index is 235. The van der Waals surface area contributed by atoms with Gasteiger partial charge < -0.3 is 10.1 Å². The van der Waals surface area contributed by atoms with Gasteiger partial charge in [0.15, 0.2) is 0 Å². The summed E-state index contributed by atoms with van der Waals surface area (Å²) in [6.45, 7) is 7.36. The van der Waals surface area contributed by atoms with E-state index in [1.807, 2.05) is 0 Å². The molecule has 0 aromatic carbocycles. The molecule has 0 aromatic heterocycles. The van der Waals surface area contributed by atoms with Crippen LogP contribution in [-0.4, -0.2) is 30.3 Å². The smallest absolute Gasteiger partial charge is 0.329 e. The number of esters is 1. The molecule has 0 aliphatic heterocycles. The van der Waals surface area contributed by atoms with E-state index in [0.717, 1.165) is 0 Å². The highest BCUT2D eigenvalue weighted by Crippen LogP contribution is 2.13. The molecule has 0 aromatic rings. The third kappa shape index (κ3) is 5.06. The largest absolute Gasteiger partial charge is 0.464 e. The first-order valence-electron chi connectivity index (χ1n) is 4.91. The van der Waals surface area contributed by atoms with Crippen LogP contribution in [0, 0.1) is 5.41 Å². The second kappa shape index (κ2) is 6.00. The third-order valence-electron chi connectivity index (χ3n) is 1.74. The second-order valence-corrected chi connectivity index (χ2v) is 4.58. The average molecular weight is 233 g/mol. The normalized spacial score (nSPS) is 13.1. The maximum atomic E-state index is 11.6. The van der Waals surface area contributed by atoms with Crippen molar-refractivity contribution in [3.05, 3.63) is 0 Å². The molecule has 0 spiro atoms. The number of ether oxygens (including phenoxy) is 1. The van der Waals surface area contributed by atoms with Gasteiger partial charge in [-0.3, -0.25) is 4.79 Å². The minimum absolute atomic E-state index is 0.186. The number of thiol groups is 1. The fraction of sp³-hybridized carbons (Fsp3) is 0.800. The molecule has 0 aliphatic rings. The minimum atomic E-state index is -0.667. The second-order valence-electron chi connectivity index (χ2n) is 4.21. The van der Waals surface area contributed by atoms with Crippen LogP contribution in [0.25, 0.3) is 0 Å². The van der Waals surface area contributed by atoms with E-state index in [4.69, 9.17) is 4.74 Å². The molecule has 0 bridgehead atoms. The molecule has 0 rings (SSSR count). The Morgan fingerprint density at radius 2 is 1.93 bits per heavy atom. The molecule has 0 aliphatic carbocycles. The fourth-order valence-electron chi connectivity index (χ4n) is 0.797. The van der Waals surface area contributed by atoms with Crippen LogP contribution < -0.4 is 5.32 Å². The van der Waals surface area contributed by atoms with E-state index >= 15 is 0 Å². The zero-order valence-electron chi connectivity index (χ0n) is 9.66. The zero-order valence-corrected chi connectivity index (χ0v) is 10.6. The maximum Gasteiger partial charge on any atom is 0.329 e. The number of hydrogen-bond donors (Lipinski definition) is 2. The number of amides is 1. The molecule has 4 nitrogen and oxygen atoms in total. The Morgan fingerprint density at radius 1 is 1.40 bits per heavy atom. The maximum absolute atomic E-state index is 11.6.